The molecule has 0 amide bonds. The molecule has 1 atom stereocenters. The van der Waals surface area contributed by atoms with Crippen molar-refractivity contribution in [2.75, 3.05) is 0 Å². The van der Waals surface area contributed by atoms with E-state index >= 15 is 0 Å². The third-order valence-electron chi connectivity index (χ3n) is 2.75. The Morgan fingerprint density at radius 1 is 1.21 bits per heavy atom. The van der Waals surface area contributed by atoms with Gasteiger partial charge in [0.1, 0.15) is 5.75 Å². The zero-order valence-corrected chi connectivity index (χ0v) is 11.0. The molecular formula is C13H19F3N2O. The van der Waals surface area contributed by atoms with Gasteiger partial charge < -0.3 is 4.74 Å². The molecule has 0 radical (unpaired) electrons. The first-order valence-electron chi connectivity index (χ1n) is 6.14. The topological polar surface area (TPSA) is 47.3 Å². The van der Waals surface area contributed by atoms with Crippen molar-refractivity contribution in [3.05, 3.63) is 29.8 Å². The zero-order chi connectivity index (χ0) is 14.5. The van der Waals surface area contributed by atoms with Gasteiger partial charge in [0.05, 0.1) is 0 Å². The number of para-hydroxylation sites is 1. The van der Waals surface area contributed by atoms with Crippen molar-refractivity contribution in [2.45, 2.75) is 39.1 Å². The van der Waals surface area contributed by atoms with Crippen molar-refractivity contribution >= 4 is 0 Å². The Balaban J connectivity index is 2.90. The van der Waals surface area contributed by atoms with Gasteiger partial charge in [0.2, 0.25) is 0 Å². The number of hydrazine groups is 1. The SMILES string of the molecule is CC(C)CCC(NN)c1ccccc1OC(F)(F)F. The molecule has 0 heterocycles. The fraction of sp³-hybridized carbons (Fsp3) is 0.538. The van der Waals surface area contributed by atoms with Crippen LogP contribution in [0.25, 0.3) is 0 Å². The highest BCUT2D eigenvalue weighted by molar-refractivity contribution is 5.36. The summed E-state index contributed by atoms with van der Waals surface area (Å²) in [7, 11) is 0. The molecule has 0 aromatic heterocycles. The molecule has 0 aliphatic rings. The van der Waals surface area contributed by atoms with E-state index in [2.05, 4.69) is 10.2 Å². The number of halogens is 3. The molecule has 0 aliphatic carbocycles. The molecule has 6 heteroatoms. The summed E-state index contributed by atoms with van der Waals surface area (Å²) in [4.78, 5) is 0. The largest absolute Gasteiger partial charge is 0.573 e. The van der Waals surface area contributed by atoms with Crippen LogP contribution in [0, 0.1) is 5.92 Å². The van der Waals surface area contributed by atoms with E-state index in [1.165, 1.54) is 12.1 Å². The first kappa shape index (κ1) is 15.8. The number of rotatable bonds is 6. The Hall–Kier alpha value is -1.27. The molecule has 1 aromatic rings. The average molecular weight is 276 g/mol. The predicted octanol–water partition coefficient (Wildman–Crippen LogP) is 3.53. The number of hydrogen-bond donors (Lipinski definition) is 2. The second-order valence-electron chi connectivity index (χ2n) is 4.78. The Morgan fingerprint density at radius 2 is 1.84 bits per heavy atom. The summed E-state index contributed by atoms with van der Waals surface area (Å²) in [6, 6.07) is 5.69. The van der Waals surface area contributed by atoms with Crippen LogP contribution in [-0.4, -0.2) is 6.36 Å². The lowest BCUT2D eigenvalue weighted by Gasteiger charge is -2.21. The summed E-state index contributed by atoms with van der Waals surface area (Å²) in [6.45, 7) is 4.09. The van der Waals surface area contributed by atoms with Crippen LogP contribution in [0.5, 0.6) is 5.75 Å². The molecule has 0 saturated heterocycles. The standard InChI is InChI=1S/C13H19F3N2O/c1-9(2)7-8-11(18-17)10-5-3-4-6-12(10)19-13(14,15)16/h3-6,9,11,18H,7-8,17H2,1-2H3. The fourth-order valence-corrected chi connectivity index (χ4v) is 1.81. The number of alkyl halides is 3. The summed E-state index contributed by atoms with van der Waals surface area (Å²) in [5.74, 6) is 5.68. The van der Waals surface area contributed by atoms with Crippen molar-refractivity contribution < 1.29 is 17.9 Å². The van der Waals surface area contributed by atoms with E-state index < -0.39 is 6.36 Å². The highest BCUT2D eigenvalue weighted by atomic mass is 19.4. The summed E-state index contributed by atoms with van der Waals surface area (Å²) in [5, 5.41) is 0. The van der Waals surface area contributed by atoms with Gasteiger partial charge in [-0.2, -0.15) is 0 Å². The molecule has 0 saturated carbocycles. The lowest BCUT2D eigenvalue weighted by molar-refractivity contribution is -0.275. The fourth-order valence-electron chi connectivity index (χ4n) is 1.81. The summed E-state index contributed by atoms with van der Waals surface area (Å²) < 4.78 is 41.0. The molecule has 0 spiro atoms. The zero-order valence-electron chi connectivity index (χ0n) is 11.0. The van der Waals surface area contributed by atoms with Gasteiger partial charge >= 0.3 is 6.36 Å². The molecule has 3 N–H and O–H groups in total. The Labute approximate surface area is 110 Å². The Morgan fingerprint density at radius 3 is 2.37 bits per heavy atom. The van der Waals surface area contributed by atoms with Crippen LogP contribution in [0.1, 0.15) is 38.3 Å². The second kappa shape index (κ2) is 6.77. The quantitative estimate of drug-likeness (QED) is 0.617. The van der Waals surface area contributed by atoms with E-state index in [9.17, 15) is 13.2 Å². The predicted molar refractivity (Wildman–Crippen MR) is 67.3 cm³/mol. The Kier molecular flexibility index (Phi) is 5.62. The van der Waals surface area contributed by atoms with Crippen molar-refractivity contribution in [3.63, 3.8) is 0 Å². The van der Waals surface area contributed by atoms with E-state index in [-0.39, 0.29) is 11.8 Å². The van der Waals surface area contributed by atoms with Crippen molar-refractivity contribution in [1.29, 1.82) is 0 Å². The molecule has 1 aromatic carbocycles. The average Bonchev–Trinajstić information content (AvgIpc) is 2.29. The third-order valence-corrected chi connectivity index (χ3v) is 2.75. The van der Waals surface area contributed by atoms with Gasteiger partial charge in [-0.1, -0.05) is 32.0 Å². The van der Waals surface area contributed by atoms with E-state index in [0.717, 1.165) is 6.42 Å². The summed E-state index contributed by atoms with van der Waals surface area (Å²) >= 11 is 0. The molecule has 1 unspecified atom stereocenters. The molecule has 108 valence electrons. The third kappa shape index (κ3) is 5.48. The number of benzene rings is 1. The van der Waals surface area contributed by atoms with Crippen LogP contribution in [0.2, 0.25) is 0 Å². The van der Waals surface area contributed by atoms with Crippen molar-refractivity contribution in [1.82, 2.24) is 5.43 Å². The molecular weight excluding hydrogens is 257 g/mol. The van der Waals surface area contributed by atoms with Crippen LogP contribution >= 0.6 is 0 Å². The van der Waals surface area contributed by atoms with E-state index in [4.69, 9.17) is 5.84 Å². The molecule has 1 rings (SSSR count). The minimum Gasteiger partial charge on any atom is -0.405 e. The van der Waals surface area contributed by atoms with Gasteiger partial charge in [0, 0.05) is 11.6 Å². The summed E-state index contributed by atoms with van der Waals surface area (Å²) in [5.41, 5.74) is 2.97. The van der Waals surface area contributed by atoms with E-state index in [0.29, 0.717) is 17.9 Å². The van der Waals surface area contributed by atoms with Gasteiger partial charge in [-0.3, -0.25) is 11.3 Å². The molecule has 0 bridgehead atoms. The minimum absolute atomic E-state index is 0.207. The van der Waals surface area contributed by atoms with Crippen molar-refractivity contribution in [2.24, 2.45) is 11.8 Å². The van der Waals surface area contributed by atoms with Gasteiger partial charge in [0.25, 0.3) is 0 Å². The number of nitrogens with two attached hydrogens (primary N) is 1. The number of hydrogen-bond acceptors (Lipinski definition) is 3. The monoisotopic (exact) mass is 276 g/mol. The maximum atomic E-state index is 12.3. The maximum Gasteiger partial charge on any atom is 0.573 e. The van der Waals surface area contributed by atoms with Crippen LogP contribution in [0.15, 0.2) is 24.3 Å². The highest BCUT2D eigenvalue weighted by Gasteiger charge is 2.32. The maximum absolute atomic E-state index is 12.3. The number of ether oxygens (including phenoxy) is 1. The lowest BCUT2D eigenvalue weighted by Crippen LogP contribution is -2.29. The molecule has 19 heavy (non-hydrogen) atoms. The van der Waals surface area contributed by atoms with Gasteiger partial charge in [-0.25, -0.2) is 0 Å². The normalized spacial score (nSPS) is 13.6. The molecule has 0 aliphatic heterocycles. The smallest absolute Gasteiger partial charge is 0.405 e. The van der Waals surface area contributed by atoms with E-state index in [1.807, 2.05) is 13.8 Å². The van der Waals surface area contributed by atoms with Crippen LogP contribution < -0.4 is 16.0 Å². The lowest BCUT2D eigenvalue weighted by atomic mass is 9.97. The van der Waals surface area contributed by atoms with E-state index in [1.54, 1.807) is 12.1 Å². The molecule has 0 fully saturated rings. The van der Waals surface area contributed by atoms with Crippen LogP contribution in [0.3, 0.4) is 0 Å². The van der Waals surface area contributed by atoms with Crippen molar-refractivity contribution in [3.8, 4) is 5.75 Å². The van der Waals surface area contributed by atoms with Crippen LogP contribution in [0.4, 0.5) is 13.2 Å². The minimum atomic E-state index is -4.70. The van der Waals surface area contributed by atoms with Crippen LogP contribution in [-0.2, 0) is 0 Å². The van der Waals surface area contributed by atoms with Gasteiger partial charge in [-0.05, 0) is 24.8 Å². The number of nitrogens with one attached hydrogen (secondary N) is 1. The first-order valence-corrected chi connectivity index (χ1v) is 6.14. The second-order valence-corrected chi connectivity index (χ2v) is 4.78. The molecule has 3 nitrogen and oxygen atoms in total. The summed E-state index contributed by atoms with van der Waals surface area (Å²) in [6.07, 6.45) is -3.20. The van der Waals surface area contributed by atoms with Gasteiger partial charge in [0.15, 0.2) is 0 Å². The highest BCUT2D eigenvalue weighted by Crippen LogP contribution is 2.32. The Bertz CT molecular complexity index is 394. The van der Waals surface area contributed by atoms with Gasteiger partial charge in [-0.15, -0.1) is 13.2 Å². The first-order chi connectivity index (χ1) is 8.83.